The standard InChI is InChI=1S/C18H32O16/c19-1-4(22)7(23)15(30)18(32,17-13(29)11(27)9(25)6(3-21)34-17)16(31)14-12(28)10(26)8(24)5(2-20)33-14/h4-15,17,19-30,32H,1-3H2/t4-,5-,6-,7+,8+,9-,10+,11+,12-,13-,14?,15+,17?,18-/m1/s1. The first-order valence-corrected chi connectivity index (χ1v) is 10.3. The van der Waals surface area contributed by atoms with Crippen LogP contribution in [0.5, 0.6) is 0 Å². The summed E-state index contributed by atoms with van der Waals surface area (Å²) < 4.78 is 10.2. The first-order chi connectivity index (χ1) is 15.8. The molecule has 34 heavy (non-hydrogen) atoms. The third-order valence-electron chi connectivity index (χ3n) is 6.23. The van der Waals surface area contributed by atoms with E-state index in [9.17, 15) is 66.1 Å². The predicted molar refractivity (Wildman–Crippen MR) is 103 cm³/mol. The maximum Gasteiger partial charge on any atom is 0.201 e. The molecule has 14 atom stereocenters. The molecule has 2 fully saturated rings. The normalized spacial score (nSPS) is 43.6. The molecule has 13 N–H and O–H groups in total. The van der Waals surface area contributed by atoms with E-state index < -0.39 is 111 Å². The van der Waals surface area contributed by atoms with Crippen LogP contribution in [0.15, 0.2) is 0 Å². The number of ketones is 1. The molecule has 0 aromatic carbocycles. The highest BCUT2D eigenvalue weighted by Crippen LogP contribution is 2.36. The Hall–Kier alpha value is -0.930. The van der Waals surface area contributed by atoms with Gasteiger partial charge in [-0.2, -0.15) is 0 Å². The molecule has 2 unspecified atom stereocenters. The molecule has 0 spiro atoms. The van der Waals surface area contributed by atoms with E-state index in [4.69, 9.17) is 14.6 Å². The van der Waals surface area contributed by atoms with E-state index in [1.54, 1.807) is 0 Å². The Balaban J connectivity index is 2.58. The van der Waals surface area contributed by atoms with Gasteiger partial charge in [-0.15, -0.1) is 0 Å². The van der Waals surface area contributed by atoms with Gasteiger partial charge in [0.15, 0.2) is 5.60 Å². The van der Waals surface area contributed by atoms with Crippen molar-refractivity contribution < 1.29 is 80.7 Å². The van der Waals surface area contributed by atoms with E-state index in [1.807, 2.05) is 0 Å². The number of carbonyl (C=O) groups is 1. The third kappa shape index (κ3) is 4.99. The molecule has 2 rings (SSSR count). The molecule has 2 heterocycles. The Kier molecular flexibility index (Phi) is 9.84. The second-order valence-corrected chi connectivity index (χ2v) is 8.37. The van der Waals surface area contributed by atoms with Gasteiger partial charge in [0, 0.05) is 0 Å². The van der Waals surface area contributed by atoms with Crippen molar-refractivity contribution in [1.29, 1.82) is 0 Å². The van der Waals surface area contributed by atoms with Crippen LogP contribution in [0.1, 0.15) is 0 Å². The van der Waals surface area contributed by atoms with Gasteiger partial charge in [-0.1, -0.05) is 0 Å². The van der Waals surface area contributed by atoms with Crippen LogP contribution in [0.4, 0.5) is 0 Å². The Morgan fingerprint density at radius 1 is 0.735 bits per heavy atom. The molecule has 0 aliphatic carbocycles. The highest BCUT2D eigenvalue weighted by molar-refractivity contribution is 5.93. The SMILES string of the molecule is O=C(C1O[C@H](CO)[C@H](O)[C@H](O)[C@H]1O)[C@@](O)(C1O[C@H](CO)[C@@H](O)[C@H](O)[C@H]1O)[C@@H](O)[C@@H](O)[C@H](O)CO. The van der Waals surface area contributed by atoms with Crippen molar-refractivity contribution in [3.05, 3.63) is 0 Å². The number of Topliss-reactive ketones (excluding diaryl/α,β-unsaturated/α-hetero) is 1. The second-order valence-electron chi connectivity index (χ2n) is 8.37. The van der Waals surface area contributed by atoms with Crippen molar-refractivity contribution in [2.45, 2.75) is 85.0 Å². The van der Waals surface area contributed by atoms with Crippen LogP contribution in [-0.2, 0) is 14.3 Å². The monoisotopic (exact) mass is 504 g/mol. The highest BCUT2D eigenvalue weighted by atomic mass is 16.6. The summed E-state index contributed by atoms with van der Waals surface area (Å²) in [6.07, 6.45) is -28.6. The van der Waals surface area contributed by atoms with Crippen molar-refractivity contribution >= 4 is 5.78 Å². The van der Waals surface area contributed by atoms with E-state index >= 15 is 0 Å². The lowest BCUT2D eigenvalue weighted by atomic mass is 9.73. The van der Waals surface area contributed by atoms with Gasteiger partial charge in [-0.25, -0.2) is 0 Å². The summed E-state index contributed by atoms with van der Waals surface area (Å²) in [5.41, 5.74) is -3.61. The van der Waals surface area contributed by atoms with Gasteiger partial charge in [0.25, 0.3) is 0 Å². The molecule has 0 aromatic rings. The van der Waals surface area contributed by atoms with Gasteiger partial charge in [-0.3, -0.25) is 4.79 Å². The molecular formula is C18H32O16. The zero-order valence-electron chi connectivity index (χ0n) is 17.7. The van der Waals surface area contributed by atoms with E-state index in [1.165, 1.54) is 0 Å². The van der Waals surface area contributed by atoms with Crippen LogP contribution in [0.25, 0.3) is 0 Å². The minimum atomic E-state index is -3.61. The molecule has 2 saturated heterocycles. The minimum Gasteiger partial charge on any atom is -0.394 e. The first-order valence-electron chi connectivity index (χ1n) is 10.3. The molecule has 16 heteroatoms. The summed E-state index contributed by atoms with van der Waals surface area (Å²) >= 11 is 0. The topological polar surface area (TPSA) is 299 Å². The summed E-state index contributed by atoms with van der Waals surface area (Å²) in [5.74, 6) is -1.81. The van der Waals surface area contributed by atoms with Crippen LogP contribution < -0.4 is 0 Å². The predicted octanol–water partition coefficient (Wildman–Crippen LogP) is -8.95. The molecule has 0 saturated carbocycles. The Labute approximate surface area is 192 Å². The van der Waals surface area contributed by atoms with Crippen molar-refractivity contribution in [3.63, 3.8) is 0 Å². The zero-order chi connectivity index (χ0) is 26.1. The van der Waals surface area contributed by atoms with Crippen LogP contribution in [0.3, 0.4) is 0 Å². The second kappa shape index (κ2) is 11.4. The maximum absolute atomic E-state index is 13.4. The molecule has 0 radical (unpaired) electrons. The Morgan fingerprint density at radius 2 is 1.21 bits per heavy atom. The van der Waals surface area contributed by atoms with Gasteiger partial charge in [0.2, 0.25) is 5.78 Å². The number of rotatable bonds is 9. The molecular weight excluding hydrogens is 472 g/mol. The molecule has 0 aromatic heterocycles. The number of carbonyl (C=O) groups excluding carboxylic acids is 1. The molecule has 2 aliphatic heterocycles. The fourth-order valence-electron chi connectivity index (χ4n) is 4.04. The largest absolute Gasteiger partial charge is 0.394 e. The van der Waals surface area contributed by atoms with Crippen LogP contribution in [0.2, 0.25) is 0 Å². The highest BCUT2D eigenvalue weighted by Gasteiger charge is 2.64. The number of hydrogen-bond donors (Lipinski definition) is 13. The van der Waals surface area contributed by atoms with Crippen LogP contribution in [0, 0.1) is 0 Å². The van der Waals surface area contributed by atoms with E-state index in [0.717, 1.165) is 0 Å². The number of hydrogen-bond acceptors (Lipinski definition) is 16. The van der Waals surface area contributed by atoms with Crippen molar-refractivity contribution in [3.8, 4) is 0 Å². The summed E-state index contributed by atoms with van der Waals surface area (Å²) in [7, 11) is 0. The van der Waals surface area contributed by atoms with Gasteiger partial charge in [-0.05, 0) is 0 Å². The number of ether oxygens (including phenoxy) is 2. The van der Waals surface area contributed by atoms with Gasteiger partial charge in [0.1, 0.15) is 79.4 Å². The van der Waals surface area contributed by atoms with Crippen molar-refractivity contribution in [1.82, 2.24) is 0 Å². The summed E-state index contributed by atoms with van der Waals surface area (Å²) in [4.78, 5) is 13.4. The number of aliphatic hydroxyl groups excluding tert-OH is 12. The molecule has 2 aliphatic rings. The van der Waals surface area contributed by atoms with Crippen LogP contribution in [-0.4, -0.2) is 177 Å². The fourth-order valence-corrected chi connectivity index (χ4v) is 4.04. The van der Waals surface area contributed by atoms with Crippen molar-refractivity contribution in [2.75, 3.05) is 19.8 Å². The minimum absolute atomic E-state index is 0.985. The first kappa shape index (κ1) is 29.3. The molecule has 0 bridgehead atoms. The Morgan fingerprint density at radius 3 is 1.68 bits per heavy atom. The molecule has 200 valence electrons. The zero-order valence-corrected chi connectivity index (χ0v) is 17.7. The maximum atomic E-state index is 13.4. The fraction of sp³-hybridized carbons (Fsp3) is 0.944. The average molecular weight is 504 g/mol. The number of aliphatic hydroxyl groups is 13. The Bertz CT molecular complexity index is 676. The van der Waals surface area contributed by atoms with E-state index in [-0.39, 0.29) is 0 Å². The smallest absolute Gasteiger partial charge is 0.201 e. The van der Waals surface area contributed by atoms with E-state index in [0.29, 0.717) is 0 Å². The van der Waals surface area contributed by atoms with Crippen molar-refractivity contribution in [2.24, 2.45) is 0 Å². The van der Waals surface area contributed by atoms with Gasteiger partial charge in [0.05, 0.1) is 19.8 Å². The molecule has 16 nitrogen and oxygen atoms in total. The summed E-state index contributed by atoms with van der Waals surface area (Å²) in [6, 6.07) is 0. The summed E-state index contributed by atoms with van der Waals surface area (Å²) in [5, 5.41) is 130. The average Bonchev–Trinajstić information content (AvgIpc) is 2.83. The van der Waals surface area contributed by atoms with Gasteiger partial charge < -0.3 is 75.9 Å². The summed E-state index contributed by atoms with van der Waals surface area (Å²) in [6.45, 7) is -3.19. The van der Waals surface area contributed by atoms with Gasteiger partial charge >= 0.3 is 0 Å². The van der Waals surface area contributed by atoms with Crippen LogP contribution >= 0.6 is 0 Å². The lowest BCUT2D eigenvalue weighted by Crippen LogP contribution is -2.75. The quantitative estimate of drug-likeness (QED) is 0.139. The molecule has 0 amide bonds. The van der Waals surface area contributed by atoms with E-state index in [2.05, 4.69) is 0 Å². The lowest BCUT2D eigenvalue weighted by molar-refractivity contribution is -0.293. The lowest BCUT2D eigenvalue weighted by Gasteiger charge is -2.50. The third-order valence-corrected chi connectivity index (χ3v) is 6.23.